The molecule has 0 bridgehead atoms. The van der Waals surface area contributed by atoms with Crippen LogP contribution in [0.2, 0.25) is 0 Å². The molecule has 1 aromatic rings. The van der Waals surface area contributed by atoms with Crippen LogP contribution in [0, 0.1) is 5.41 Å². The number of rotatable bonds is 3. The number of hydrogen-bond donors (Lipinski definition) is 1. The van der Waals surface area contributed by atoms with E-state index < -0.39 is 5.54 Å². The molecular weight excluding hydrogens is 288 g/mol. The van der Waals surface area contributed by atoms with Gasteiger partial charge >= 0.3 is 0 Å². The Hall–Kier alpha value is -0.650. The minimum Gasteiger partial charge on any atom is -0.338 e. The third kappa shape index (κ3) is 3.76. The minimum absolute atomic E-state index is 0. The number of hydrogen-bond acceptors (Lipinski definition) is 5. The molecule has 1 aliphatic carbocycles. The van der Waals surface area contributed by atoms with Gasteiger partial charge < -0.3 is 10.3 Å². The molecule has 0 unspecified atom stereocenters. The second-order valence-electron chi connectivity index (χ2n) is 7.25. The maximum Gasteiger partial charge on any atom is 0.240 e. The first-order chi connectivity index (χ1) is 9.47. The monoisotopic (exact) mass is 314 g/mol. The first-order valence-electron chi connectivity index (χ1n) is 7.81. The topological polar surface area (TPSA) is 68.2 Å². The highest BCUT2D eigenvalue weighted by Crippen LogP contribution is 2.43. The smallest absolute Gasteiger partial charge is 0.240 e. The number of halogens is 1. The minimum atomic E-state index is -0.530. The molecule has 1 aliphatic heterocycles. The van der Waals surface area contributed by atoms with E-state index in [1.165, 1.54) is 45.1 Å². The van der Waals surface area contributed by atoms with Crippen molar-refractivity contribution in [2.75, 3.05) is 13.1 Å². The summed E-state index contributed by atoms with van der Waals surface area (Å²) in [6.07, 6.45) is 8.35. The lowest BCUT2D eigenvalue weighted by Crippen LogP contribution is -2.30. The van der Waals surface area contributed by atoms with Crippen molar-refractivity contribution < 1.29 is 4.52 Å². The van der Waals surface area contributed by atoms with E-state index in [9.17, 15) is 0 Å². The molecule has 2 heterocycles. The fraction of sp³-hybridized carbons (Fsp3) is 0.867. The zero-order valence-electron chi connectivity index (χ0n) is 13.1. The van der Waals surface area contributed by atoms with Crippen molar-refractivity contribution in [2.45, 2.75) is 64.5 Å². The highest BCUT2D eigenvalue weighted by Gasteiger charge is 2.39. The zero-order chi connectivity index (χ0) is 14.2. The largest absolute Gasteiger partial charge is 0.338 e. The third-order valence-electron chi connectivity index (χ3n) is 4.83. The van der Waals surface area contributed by atoms with Gasteiger partial charge in [0, 0.05) is 6.54 Å². The van der Waals surface area contributed by atoms with Gasteiger partial charge in [-0.25, -0.2) is 0 Å². The Labute approximate surface area is 133 Å². The maximum absolute atomic E-state index is 5.99. The van der Waals surface area contributed by atoms with Crippen LogP contribution in [0.3, 0.4) is 0 Å². The van der Waals surface area contributed by atoms with Gasteiger partial charge in [0.25, 0.3) is 0 Å². The second-order valence-corrected chi connectivity index (χ2v) is 7.25. The van der Waals surface area contributed by atoms with Crippen molar-refractivity contribution in [1.29, 1.82) is 0 Å². The van der Waals surface area contributed by atoms with E-state index in [0.717, 1.165) is 13.1 Å². The maximum atomic E-state index is 5.99. The second kappa shape index (κ2) is 6.23. The molecule has 120 valence electrons. The van der Waals surface area contributed by atoms with Gasteiger partial charge in [-0.2, -0.15) is 4.98 Å². The molecule has 1 saturated carbocycles. The molecule has 1 saturated heterocycles. The molecule has 0 atom stereocenters. The lowest BCUT2D eigenvalue weighted by atomic mass is 9.73. The zero-order valence-corrected chi connectivity index (χ0v) is 13.9. The van der Waals surface area contributed by atoms with Crippen LogP contribution in [0.25, 0.3) is 0 Å². The van der Waals surface area contributed by atoms with Crippen LogP contribution < -0.4 is 5.73 Å². The highest BCUT2D eigenvalue weighted by atomic mass is 35.5. The van der Waals surface area contributed by atoms with Crippen LogP contribution in [-0.4, -0.2) is 28.1 Å². The van der Waals surface area contributed by atoms with Gasteiger partial charge in [-0.05, 0) is 45.1 Å². The Kier molecular flexibility index (Phi) is 4.96. The van der Waals surface area contributed by atoms with E-state index in [0.29, 0.717) is 17.1 Å². The van der Waals surface area contributed by atoms with Gasteiger partial charge in [0.1, 0.15) is 0 Å². The molecular formula is C15H27ClN4O. The summed E-state index contributed by atoms with van der Waals surface area (Å²) in [6, 6.07) is 0. The summed E-state index contributed by atoms with van der Waals surface area (Å²) in [7, 11) is 0. The molecule has 2 N–H and O–H groups in total. The van der Waals surface area contributed by atoms with Crippen molar-refractivity contribution in [3.63, 3.8) is 0 Å². The first kappa shape index (κ1) is 16.7. The van der Waals surface area contributed by atoms with E-state index in [-0.39, 0.29) is 12.4 Å². The fourth-order valence-electron chi connectivity index (χ4n) is 3.64. The molecule has 5 nitrogen and oxygen atoms in total. The Bertz CT molecular complexity index is 462. The molecule has 0 aromatic carbocycles. The molecule has 2 fully saturated rings. The van der Waals surface area contributed by atoms with Crippen LogP contribution in [-0.2, 0) is 12.1 Å². The molecule has 21 heavy (non-hydrogen) atoms. The lowest BCUT2D eigenvalue weighted by molar-refractivity contribution is 0.175. The van der Waals surface area contributed by atoms with Crippen LogP contribution >= 0.6 is 12.4 Å². The van der Waals surface area contributed by atoms with E-state index in [4.69, 9.17) is 10.3 Å². The van der Waals surface area contributed by atoms with Crippen LogP contribution in [0.5, 0.6) is 0 Å². The van der Waals surface area contributed by atoms with Gasteiger partial charge in [0.05, 0.1) is 12.1 Å². The molecule has 2 aliphatic rings. The summed E-state index contributed by atoms with van der Waals surface area (Å²) in [5.74, 6) is 1.30. The SMILES string of the molecule is CC(C)(N)c1noc(CN2CCC3(CCCCC3)C2)n1.Cl. The normalized spacial score (nSPS) is 22.4. The van der Waals surface area contributed by atoms with E-state index in [2.05, 4.69) is 15.0 Å². The quantitative estimate of drug-likeness (QED) is 0.929. The van der Waals surface area contributed by atoms with Crippen molar-refractivity contribution in [1.82, 2.24) is 15.0 Å². The Morgan fingerprint density at radius 1 is 1.24 bits per heavy atom. The molecule has 0 radical (unpaired) electrons. The molecule has 6 heteroatoms. The number of nitrogens with zero attached hydrogens (tertiary/aromatic N) is 3. The lowest BCUT2D eigenvalue weighted by Gasteiger charge is -2.33. The molecule has 3 rings (SSSR count). The summed E-state index contributed by atoms with van der Waals surface area (Å²) in [4.78, 5) is 6.90. The van der Waals surface area contributed by atoms with Crippen LogP contribution in [0.1, 0.15) is 64.1 Å². The van der Waals surface area contributed by atoms with Crippen LogP contribution in [0.15, 0.2) is 4.52 Å². The fourth-order valence-corrected chi connectivity index (χ4v) is 3.64. The molecule has 0 amide bonds. The summed E-state index contributed by atoms with van der Waals surface area (Å²) in [5.41, 5.74) is 6.04. The molecule has 1 aromatic heterocycles. The highest BCUT2D eigenvalue weighted by molar-refractivity contribution is 5.85. The van der Waals surface area contributed by atoms with Gasteiger partial charge in [0.2, 0.25) is 5.89 Å². The summed E-state index contributed by atoms with van der Waals surface area (Å²) in [5, 5.41) is 4.00. The van der Waals surface area contributed by atoms with Gasteiger partial charge in [0.15, 0.2) is 5.82 Å². The van der Waals surface area contributed by atoms with E-state index >= 15 is 0 Å². The Balaban J connectivity index is 0.00000161. The van der Waals surface area contributed by atoms with Crippen molar-refractivity contribution in [2.24, 2.45) is 11.1 Å². The summed E-state index contributed by atoms with van der Waals surface area (Å²) in [6.45, 7) is 6.91. The number of likely N-dealkylation sites (tertiary alicyclic amines) is 1. The first-order valence-corrected chi connectivity index (χ1v) is 7.81. The van der Waals surface area contributed by atoms with Crippen LogP contribution in [0.4, 0.5) is 0 Å². The average Bonchev–Trinajstić information content (AvgIpc) is 2.99. The van der Waals surface area contributed by atoms with E-state index in [1.807, 2.05) is 13.8 Å². The Morgan fingerprint density at radius 2 is 1.95 bits per heavy atom. The van der Waals surface area contributed by atoms with Crippen molar-refractivity contribution >= 4 is 12.4 Å². The van der Waals surface area contributed by atoms with Gasteiger partial charge in [-0.3, -0.25) is 4.90 Å². The van der Waals surface area contributed by atoms with Crippen molar-refractivity contribution in [3.8, 4) is 0 Å². The average molecular weight is 315 g/mol. The van der Waals surface area contributed by atoms with Crippen molar-refractivity contribution in [3.05, 3.63) is 11.7 Å². The standard InChI is InChI=1S/C15H26N4O.ClH/c1-14(2,16)13-17-12(20-18-13)10-19-9-8-15(11-19)6-4-3-5-7-15;/h3-11,16H2,1-2H3;1H. The van der Waals surface area contributed by atoms with E-state index in [1.54, 1.807) is 0 Å². The number of aromatic nitrogens is 2. The van der Waals surface area contributed by atoms with Gasteiger partial charge in [-0.1, -0.05) is 24.4 Å². The summed E-state index contributed by atoms with van der Waals surface area (Å²) >= 11 is 0. The third-order valence-corrected chi connectivity index (χ3v) is 4.83. The number of nitrogens with two attached hydrogens (primary N) is 1. The predicted octanol–water partition coefficient (Wildman–Crippen LogP) is 2.84. The van der Waals surface area contributed by atoms with Gasteiger partial charge in [-0.15, -0.1) is 12.4 Å². The Morgan fingerprint density at radius 3 is 2.57 bits per heavy atom. The predicted molar refractivity (Wildman–Crippen MR) is 84.2 cm³/mol. The summed E-state index contributed by atoms with van der Waals surface area (Å²) < 4.78 is 5.35. The molecule has 1 spiro atoms.